The van der Waals surface area contributed by atoms with Gasteiger partial charge < -0.3 is 14.7 Å². The summed E-state index contributed by atoms with van der Waals surface area (Å²) in [7, 11) is 0. The predicted octanol–water partition coefficient (Wildman–Crippen LogP) is 2.66. The topological polar surface area (TPSA) is 81.8 Å². The summed E-state index contributed by atoms with van der Waals surface area (Å²) < 4.78 is 13.5. The fourth-order valence-corrected chi connectivity index (χ4v) is 2.81. The van der Waals surface area contributed by atoms with Gasteiger partial charge in [0.15, 0.2) is 11.5 Å². The van der Waals surface area contributed by atoms with Crippen molar-refractivity contribution in [3.8, 4) is 11.5 Å². The first kappa shape index (κ1) is 16.3. The highest BCUT2D eigenvalue weighted by atomic mass is 16.5. The fourth-order valence-electron chi connectivity index (χ4n) is 2.81. The van der Waals surface area contributed by atoms with Crippen LogP contribution in [-0.2, 0) is 13.0 Å². The molecule has 3 rings (SSSR count). The van der Waals surface area contributed by atoms with Gasteiger partial charge in [0.1, 0.15) is 24.0 Å². The summed E-state index contributed by atoms with van der Waals surface area (Å²) in [6.45, 7) is 7.08. The minimum Gasteiger partial charge on any atom is -0.490 e. The summed E-state index contributed by atoms with van der Waals surface area (Å²) in [5.41, 5.74) is 2.07. The number of fused-ring (bicyclic) bond motifs is 1. The Morgan fingerprint density at radius 2 is 2.29 bits per heavy atom. The van der Waals surface area contributed by atoms with Crippen LogP contribution in [0.15, 0.2) is 29.9 Å². The first-order valence-electron chi connectivity index (χ1n) is 8.05. The molecule has 7 heteroatoms. The van der Waals surface area contributed by atoms with Crippen molar-refractivity contribution in [3.63, 3.8) is 0 Å². The van der Waals surface area contributed by atoms with Crippen molar-refractivity contribution in [3.05, 3.63) is 35.9 Å². The minimum absolute atomic E-state index is 0.270. The van der Waals surface area contributed by atoms with Crippen LogP contribution in [0.3, 0.4) is 0 Å². The van der Waals surface area contributed by atoms with Crippen molar-refractivity contribution in [2.24, 2.45) is 5.16 Å². The Hall–Kier alpha value is -2.57. The number of aromatic nitrogens is 3. The number of ether oxygens (including phenoxy) is 2. The highest BCUT2D eigenvalue weighted by Crippen LogP contribution is 2.43. The highest BCUT2D eigenvalue weighted by molar-refractivity contribution is 6.00. The van der Waals surface area contributed by atoms with E-state index in [1.54, 1.807) is 11.0 Å². The molecule has 1 aromatic heterocycles. The van der Waals surface area contributed by atoms with Gasteiger partial charge in [0, 0.05) is 17.5 Å². The number of oxime groups is 1. The third kappa shape index (κ3) is 3.34. The van der Waals surface area contributed by atoms with Gasteiger partial charge >= 0.3 is 0 Å². The van der Waals surface area contributed by atoms with E-state index >= 15 is 0 Å². The summed E-state index contributed by atoms with van der Waals surface area (Å²) in [5.74, 6) is 1.48. The zero-order valence-corrected chi connectivity index (χ0v) is 14.2. The lowest BCUT2D eigenvalue weighted by Gasteiger charge is -2.18. The second kappa shape index (κ2) is 6.51. The minimum atomic E-state index is -0.270. The molecule has 7 nitrogen and oxygen atoms in total. The second-order valence-electron chi connectivity index (χ2n) is 6.49. The average molecular weight is 330 g/mol. The van der Waals surface area contributed by atoms with Crippen molar-refractivity contribution in [2.45, 2.75) is 45.8 Å². The molecule has 2 heterocycles. The summed E-state index contributed by atoms with van der Waals surface area (Å²) in [6, 6.07) is 3.86. The van der Waals surface area contributed by atoms with Crippen LogP contribution in [-0.4, -0.2) is 37.9 Å². The van der Waals surface area contributed by atoms with E-state index in [9.17, 15) is 5.21 Å². The molecule has 1 N–H and O–H groups in total. The van der Waals surface area contributed by atoms with Gasteiger partial charge in [0.2, 0.25) is 0 Å². The van der Waals surface area contributed by atoms with E-state index in [-0.39, 0.29) is 5.60 Å². The van der Waals surface area contributed by atoms with Gasteiger partial charge in [-0.3, -0.25) is 0 Å². The molecule has 0 bridgehead atoms. The first-order chi connectivity index (χ1) is 11.5. The molecular formula is C17H22N4O3. The largest absolute Gasteiger partial charge is 0.490 e. The number of benzene rings is 1. The molecule has 1 aromatic carbocycles. The number of nitrogens with zero attached hydrogens (tertiary/aromatic N) is 4. The fraction of sp³-hybridized carbons (Fsp3) is 0.471. The number of hydrogen-bond acceptors (Lipinski definition) is 6. The zero-order chi connectivity index (χ0) is 17.2. The SMILES string of the molecule is CCCOc1cc(/C(Cn2cncn2)=N/O)cc2c1OC(C)(C)C2. The van der Waals surface area contributed by atoms with Crippen LogP contribution in [0.25, 0.3) is 0 Å². The smallest absolute Gasteiger partial charge is 0.165 e. The van der Waals surface area contributed by atoms with Crippen LogP contribution >= 0.6 is 0 Å². The second-order valence-corrected chi connectivity index (χ2v) is 6.49. The van der Waals surface area contributed by atoms with Gasteiger partial charge in [0.25, 0.3) is 0 Å². The Balaban J connectivity index is 1.96. The predicted molar refractivity (Wildman–Crippen MR) is 89.0 cm³/mol. The molecule has 2 aromatic rings. The van der Waals surface area contributed by atoms with Crippen LogP contribution in [0.1, 0.15) is 38.3 Å². The first-order valence-corrected chi connectivity index (χ1v) is 8.05. The molecule has 0 unspecified atom stereocenters. The number of rotatable bonds is 6. The summed E-state index contributed by atoms with van der Waals surface area (Å²) in [4.78, 5) is 3.91. The summed E-state index contributed by atoms with van der Waals surface area (Å²) in [5, 5.41) is 17.0. The van der Waals surface area contributed by atoms with E-state index in [2.05, 4.69) is 22.2 Å². The van der Waals surface area contributed by atoms with Crippen LogP contribution in [0.5, 0.6) is 11.5 Å². The van der Waals surface area contributed by atoms with E-state index in [0.717, 1.165) is 29.7 Å². The molecule has 128 valence electrons. The van der Waals surface area contributed by atoms with Gasteiger partial charge in [-0.25, -0.2) is 9.67 Å². The lowest BCUT2D eigenvalue weighted by Crippen LogP contribution is -2.24. The summed E-state index contributed by atoms with van der Waals surface area (Å²) in [6.07, 6.45) is 4.71. The standard InChI is InChI=1S/C17H22N4O3/c1-4-5-23-15-7-12(6-13-8-17(2,3)24-16(13)15)14(20-22)9-21-11-18-10-19-21/h6-7,10-11,22H,4-5,8-9H2,1-3H3/b20-14+. The molecule has 1 aliphatic rings. The maximum absolute atomic E-state index is 9.45. The zero-order valence-electron chi connectivity index (χ0n) is 14.2. The molecule has 1 aliphatic heterocycles. The average Bonchev–Trinajstić information content (AvgIpc) is 3.15. The molecule has 0 saturated heterocycles. The van der Waals surface area contributed by atoms with Crippen LogP contribution in [0, 0.1) is 0 Å². The van der Waals surface area contributed by atoms with Gasteiger partial charge in [-0.05, 0) is 32.4 Å². The normalized spacial score (nSPS) is 15.9. The van der Waals surface area contributed by atoms with Crippen LogP contribution in [0.4, 0.5) is 0 Å². The molecule has 0 radical (unpaired) electrons. The molecule has 0 fully saturated rings. The molecule has 0 amide bonds. The van der Waals surface area contributed by atoms with Crippen molar-refractivity contribution < 1.29 is 14.7 Å². The number of hydrogen-bond donors (Lipinski definition) is 1. The lowest BCUT2D eigenvalue weighted by molar-refractivity contribution is 0.132. The van der Waals surface area contributed by atoms with Crippen LogP contribution in [0.2, 0.25) is 0 Å². The maximum atomic E-state index is 9.45. The van der Waals surface area contributed by atoms with Crippen LogP contribution < -0.4 is 9.47 Å². The monoisotopic (exact) mass is 330 g/mol. The van der Waals surface area contributed by atoms with E-state index in [0.29, 0.717) is 24.6 Å². The van der Waals surface area contributed by atoms with Crippen molar-refractivity contribution in [2.75, 3.05) is 6.61 Å². The Labute approximate surface area is 140 Å². The van der Waals surface area contributed by atoms with Gasteiger partial charge in [-0.1, -0.05) is 12.1 Å². The highest BCUT2D eigenvalue weighted by Gasteiger charge is 2.33. The lowest BCUT2D eigenvalue weighted by atomic mass is 9.98. The van der Waals surface area contributed by atoms with E-state index in [1.807, 2.05) is 26.0 Å². The Kier molecular flexibility index (Phi) is 4.42. The van der Waals surface area contributed by atoms with Gasteiger partial charge in [-0.2, -0.15) is 5.10 Å². The molecule has 0 atom stereocenters. The molecular weight excluding hydrogens is 308 g/mol. The van der Waals surface area contributed by atoms with E-state index in [1.165, 1.54) is 6.33 Å². The van der Waals surface area contributed by atoms with Crippen molar-refractivity contribution >= 4 is 5.71 Å². The Bertz CT molecular complexity index is 739. The Morgan fingerprint density at radius 3 is 2.96 bits per heavy atom. The van der Waals surface area contributed by atoms with E-state index < -0.39 is 0 Å². The third-order valence-electron chi connectivity index (χ3n) is 3.82. The van der Waals surface area contributed by atoms with Crippen molar-refractivity contribution in [1.82, 2.24) is 14.8 Å². The maximum Gasteiger partial charge on any atom is 0.165 e. The van der Waals surface area contributed by atoms with Gasteiger partial charge in [-0.15, -0.1) is 0 Å². The molecule has 0 aliphatic carbocycles. The van der Waals surface area contributed by atoms with Gasteiger partial charge in [0.05, 0.1) is 13.2 Å². The molecule has 24 heavy (non-hydrogen) atoms. The quantitative estimate of drug-likeness (QED) is 0.500. The third-order valence-corrected chi connectivity index (χ3v) is 3.82. The molecule has 0 saturated carbocycles. The van der Waals surface area contributed by atoms with Crippen molar-refractivity contribution in [1.29, 1.82) is 0 Å². The van der Waals surface area contributed by atoms with E-state index in [4.69, 9.17) is 9.47 Å². The molecule has 0 spiro atoms. The summed E-state index contributed by atoms with van der Waals surface area (Å²) >= 11 is 0. The Morgan fingerprint density at radius 1 is 1.46 bits per heavy atom.